The minimum atomic E-state index is -0.0579. The van der Waals surface area contributed by atoms with E-state index in [0.29, 0.717) is 12.1 Å². The van der Waals surface area contributed by atoms with Gasteiger partial charge in [0.1, 0.15) is 0 Å². The minimum absolute atomic E-state index is 0. The molecular formula is C27H40IN5O. The van der Waals surface area contributed by atoms with Crippen molar-refractivity contribution in [1.82, 2.24) is 20.9 Å². The number of amides is 1. The van der Waals surface area contributed by atoms with E-state index in [1.165, 1.54) is 37.1 Å². The van der Waals surface area contributed by atoms with Crippen LogP contribution in [0.25, 0.3) is 0 Å². The number of carbonyl (C=O) groups is 1. The Bertz CT molecular complexity index is 925. The maximum atomic E-state index is 11.9. The fourth-order valence-corrected chi connectivity index (χ4v) is 4.17. The summed E-state index contributed by atoms with van der Waals surface area (Å²) in [5, 5.41) is 9.46. The van der Waals surface area contributed by atoms with Crippen LogP contribution in [0.5, 0.6) is 0 Å². The van der Waals surface area contributed by atoms with E-state index in [4.69, 9.17) is 4.99 Å². The molecular weight excluding hydrogens is 537 g/mol. The van der Waals surface area contributed by atoms with Gasteiger partial charge in [-0.3, -0.25) is 9.69 Å². The lowest BCUT2D eigenvalue weighted by molar-refractivity contribution is 0.0963. The van der Waals surface area contributed by atoms with Gasteiger partial charge in [-0.05, 0) is 74.0 Å². The Kier molecular flexibility index (Phi) is 12.4. The number of carbonyl (C=O) groups excluding carboxylic acids is 1. The van der Waals surface area contributed by atoms with Gasteiger partial charge in [0.2, 0.25) is 0 Å². The van der Waals surface area contributed by atoms with Crippen molar-refractivity contribution in [2.75, 3.05) is 33.2 Å². The van der Waals surface area contributed by atoms with Crippen LogP contribution in [0.2, 0.25) is 0 Å². The van der Waals surface area contributed by atoms with Gasteiger partial charge >= 0.3 is 0 Å². The predicted molar refractivity (Wildman–Crippen MR) is 152 cm³/mol. The maximum absolute atomic E-state index is 11.9. The van der Waals surface area contributed by atoms with Crippen molar-refractivity contribution in [2.24, 2.45) is 10.9 Å². The summed E-state index contributed by atoms with van der Waals surface area (Å²) in [6.07, 6.45) is 3.40. The number of benzene rings is 2. The van der Waals surface area contributed by atoms with E-state index in [0.717, 1.165) is 43.5 Å². The zero-order valence-electron chi connectivity index (χ0n) is 20.8. The van der Waals surface area contributed by atoms with Crippen LogP contribution in [-0.4, -0.2) is 50.0 Å². The first-order valence-electron chi connectivity index (χ1n) is 12.2. The van der Waals surface area contributed by atoms with Crippen molar-refractivity contribution in [3.8, 4) is 0 Å². The van der Waals surface area contributed by atoms with Crippen molar-refractivity contribution in [3.05, 3.63) is 70.8 Å². The number of aliphatic imine (C=N–C) groups is 1. The second kappa shape index (κ2) is 15.0. The van der Waals surface area contributed by atoms with Gasteiger partial charge in [-0.15, -0.1) is 24.0 Å². The highest BCUT2D eigenvalue weighted by Crippen LogP contribution is 2.20. The van der Waals surface area contributed by atoms with Crippen LogP contribution in [0.3, 0.4) is 0 Å². The highest BCUT2D eigenvalue weighted by atomic mass is 127. The van der Waals surface area contributed by atoms with Crippen molar-refractivity contribution < 1.29 is 4.79 Å². The van der Waals surface area contributed by atoms with Crippen LogP contribution in [0.15, 0.2) is 53.5 Å². The van der Waals surface area contributed by atoms with Crippen LogP contribution in [0.1, 0.15) is 53.7 Å². The van der Waals surface area contributed by atoms with Crippen LogP contribution in [0.4, 0.5) is 0 Å². The summed E-state index contributed by atoms with van der Waals surface area (Å²) < 4.78 is 0. The molecule has 1 aliphatic heterocycles. The average molecular weight is 578 g/mol. The number of nitrogens with zero attached hydrogens (tertiary/aromatic N) is 2. The molecule has 7 heteroatoms. The Hall–Kier alpha value is -2.13. The third kappa shape index (κ3) is 8.91. The molecule has 0 spiro atoms. The molecule has 0 aromatic heterocycles. The summed E-state index contributed by atoms with van der Waals surface area (Å²) in [5.41, 5.74) is 4.47. The van der Waals surface area contributed by atoms with Crippen LogP contribution < -0.4 is 16.0 Å². The van der Waals surface area contributed by atoms with Crippen molar-refractivity contribution in [3.63, 3.8) is 0 Å². The SMILES string of the molecule is CCNC(=NCc1ccccc1CN1CCC(C)CC1)NCCc1cccc(C(=O)NC)c1.I. The molecule has 1 fully saturated rings. The monoisotopic (exact) mass is 577 g/mol. The number of nitrogens with one attached hydrogen (secondary N) is 3. The lowest BCUT2D eigenvalue weighted by Gasteiger charge is -2.30. The molecule has 3 rings (SSSR count). The number of guanidine groups is 1. The van der Waals surface area contributed by atoms with Crippen molar-refractivity contribution in [1.29, 1.82) is 0 Å². The van der Waals surface area contributed by atoms with E-state index in [1.807, 2.05) is 18.2 Å². The first-order valence-corrected chi connectivity index (χ1v) is 12.2. The van der Waals surface area contributed by atoms with E-state index >= 15 is 0 Å². The third-order valence-electron chi connectivity index (χ3n) is 6.26. The summed E-state index contributed by atoms with van der Waals surface area (Å²) in [6.45, 7) is 10.0. The van der Waals surface area contributed by atoms with Gasteiger partial charge in [0.05, 0.1) is 6.54 Å². The van der Waals surface area contributed by atoms with Gasteiger partial charge < -0.3 is 16.0 Å². The van der Waals surface area contributed by atoms with Crippen LogP contribution >= 0.6 is 24.0 Å². The molecule has 1 heterocycles. The second-order valence-corrected chi connectivity index (χ2v) is 8.88. The Morgan fingerprint density at radius 1 is 1.06 bits per heavy atom. The molecule has 0 atom stereocenters. The standard InChI is InChI=1S/C27H39N5O.HI/c1-4-29-27(30-15-12-22-8-7-11-23(18-22)26(33)28-3)31-19-24-9-5-6-10-25(24)20-32-16-13-21(2)14-17-32;/h5-11,18,21H,4,12-17,19-20H2,1-3H3,(H,28,33)(H2,29,30,31);1H. The molecule has 1 amide bonds. The second-order valence-electron chi connectivity index (χ2n) is 8.88. The summed E-state index contributed by atoms with van der Waals surface area (Å²) in [5.74, 6) is 1.61. The third-order valence-corrected chi connectivity index (χ3v) is 6.26. The van der Waals surface area contributed by atoms with Gasteiger partial charge in [-0.2, -0.15) is 0 Å². The largest absolute Gasteiger partial charge is 0.357 e. The molecule has 1 saturated heterocycles. The van der Waals surface area contributed by atoms with Gasteiger partial charge in [0.15, 0.2) is 5.96 Å². The highest BCUT2D eigenvalue weighted by Gasteiger charge is 2.16. The number of hydrogen-bond acceptors (Lipinski definition) is 3. The molecule has 0 saturated carbocycles. The van der Waals surface area contributed by atoms with Gasteiger partial charge in [-0.25, -0.2) is 4.99 Å². The molecule has 6 nitrogen and oxygen atoms in total. The lowest BCUT2D eigenvalue weighted by Crippen LogP contribution is -2.38. The molecule has 34 heavy (non-hydrogen) atoms. The van der Waals surface area contributed by atoms with E-state index in [-0.39, 0.29) is 29.9 Å². The normalized spacial score (nSPS) is 14.9. The number of rotatable bonds is 9. The topological polar surface area (TPSA) is 68.8 Å². The average Bonchev–Trinajstić information content (AvgIpc) is 2.84. The molecule has 3 N–H and O–H groups in total. The first kappa shape index (κ1) is 28.1. The van der Waals surface area contributed by atoms with E-state index in [2.05, 4.69) is 65.0 Å². The molecule has 0 bridgehead atoms. The zero-order chi connectivity index (χ0) is 23.5. The zero-order valence-corrected chi connectivity index (χ0v) is 23.1. The molecule has 186 valence electrons. The molecule has 2 aromatic carbocycles. The Morgan fingerprint density at radius 3 is 2.50 bits per heavy atom. The quantitative estimate of drug-likeness (QED) is 0.238. The summed E-state index contributed by atoms with van der Waals surface area (Å²) >= 11 is 0. The highest BCUT2D eigenvalue weighted by molar-refractivity contribution is 14.0. The Morgan fingerprint density at radius 2 is 1.79 bits per heavy atom. The molecule has 0 aliphatic carbocycles. The summed E-state index contributed by atoms with van der Waals surface area (Å²) in [6, 6.07) is 16.4. The van der Waals surface area contributed by atoms with Crippen LogP contribution in [-0.2, 0) is 19.5 Å². The Balaban J connectivity index is 0.00000408. The molecule has 0 radical (unpaired) electrons. The van der Waals surface area contributed by atoms with Gasteiger partial charge in [0, 0.05) is 32.2 Å². The fourth-order valence-electron chi connectivity index (χ4n) is 4.17. The van der Waals surface area contributed by atoms with Crippen molar-refractivity contribution >= 4 is 35.8 Å². The Labute approximate surface area is 222 Å². The lowest BCUT2D eigenvalue weighted by atomic mass is 9.98. The first-order chi connectivity index (χ1) is 16.1. The molecule has 2 aromatic rings. The summed E-state index contributed by atoms with van der Waals surface area (Å²) in [4.78, 5) is 19.3. The van der Waals surface area contributed by atoms with E-state index in [1.54, 1.807) is 7.05 Å². The number of piperidine rings is 1. The van der Waals surface area contributed by atoms with Gasteiger partial charge in [0.25, 0.3) is 5.91 Å². The minimum Gasteiger partial charge on any atom is -0.357 e. The van der Waals surface area contributed by atoms with E-state index < -0.39 is 0 Å². The molecule has 0 unspecified atom stereocenters. The number of hydrogen-bond donors (Lipinski definition) is 3. The predicted octanol–water partition coefficient (Wildman–Crippen LogP) is 4.19. The van der Waals surface area contributed by atoms with E-state index in [9.17, 15) is 4.79 Å². The van der Waals surface area contributed by atoms with Crippen molar-refractivity contribution in [2.45, 2.75) is 46.2 Å². The number of likely N-dealkylation sites (tertiary alicyclic amines) is 1. The summed E-state index contributed by atoms with van der Waals surface area (Å²) in [7, 11) is 1.65. The number of halogens is 1. The molecule has 1 aliphatic rings. The van der Waals surface area contributed by atoms with Crippen LogP contribution in [0, 0.1) is 5.92 Å². The smallest absolute Gasteiger partial charge is 0.251 e. The maximum Gasteiger partial charge on any atom is 0.251 e. The fraction of sp³-hybridized carbons (Fsp3) is 0.481. The van der Waals surface area contributed by atoms with Gasteiger partial charge in [-0.1, -0.05) is 43.3 Å².